The smallest absolute Gasteiger partial charge is 0.204 e. The summed E-state index contributed by atoms with van der Waals surface area (Å²) in [4.78, 5) is 0. The third-order valence-corrected chi connectivity index (χ3v) is 2.67. The first-order valence-corrected chi connectivity index (χ1v) is 5.76. The maximum atomic E-state index is 5.67. The second-order valence-electron chi connectivity index (χ2n) is 3.94. The van der Waals surface area contributed by atoms with Crippen molar-refractivity contribution in [3.8, 4) is 5.75 Å². The summed E-state index contributed by atoms with van der Waals surface area (Å²) in [7, 11) is 0. The molecule has 2 rings (SSSR count). The zero-order valence-electron chi connectivity index (χ0n) is 9.24. The van der Waals surface area contributed by atoms with E-state index in [0.29, 0.717) is 0 Å². The summed E-state index contributed by atoms with van der Waals surface area (Å²) in [6.45, 7) is 3.01. The van der Waals surface area contributed by atoms with Crippen LogP contribution in [0.4, 0.5) is 0 Å². The first-order chi connectivity index (χ1) is 7.40. The van der Waals surface area contributed by atoms with E-state index in [9.17, 15) is 0 Å². The Hall–Kier alpha value is -1.02. The summed E-state index contributed by atoms with van der Waals surface area (Å²) in [5.74, 6) is 0.984. The molecular formula is C13H18O2. The molecule has 0 saturated heterocycles. The van der Waals surface area contributed by atoms with Gasteiger partial charge >= 0.3 is 0 Å². The first-order valence-electron chi connectivity index (χ1n) is 5.76. The number of rotatable bonds is 5. The number of benzene rings is 1. The van der Waals surface area contributed by atoms with Gasteiger partial charge in [0.05, 0.1) is 6.61 Å². The van der Waals surface area contributed by atoms with E-state index in [4.69, 9.17) is 9.47 Å². The molecule has 0 saturated carbocycles. The van der Waals surface area contributed by atoms with Crippen LogP contribution in [0.25, 0.3) is 0 Å². The number of para-hydroxylation sites is 1. The fraction of sp³-hybridized carbons (Fsp3) is 0.538. The normalized spacial score (nSPS) is 18.6. The van der Waals surface area contributed by atoms with Crippen LogP contribution < -0.4 is 4.74 Å². The fourth-order valence-electron chi connectivity index (χ4n) is 1.81. The van der Waals surface area contributed by atoms with E-state index in [1.807, 2.05) is 18.2 Å². The fourth-order valence-corrected chi connectivity index (χ4v) is 1.81. The average molecular weight is 206 g/mol. The number of hydrogen-bond donors (Lipinski definition) is 0. The Kier molecular flexibility index (Phi) is 3.62. The lowest BCUT2D eigenvalue weighted by Gasteiger charge is -2.11. The van der Waals surface area contributed by atoms with Crippen LogP contribution in [0.15, 0.2) is 24.3 Å². The van der Waals surface area contributed by atoms with E-state index < -0.39 is 0 Å². The molecule has 82 valence electrons. The predicted molar refractivity (Wildman–Crippen MR) is 60.0 cm³/mol. The van der Waals surface area contributed by atoms with Crippen LogP contribution in [0, 0.1) is 0 Å². The highest BCUT2D eigenvalue weighted by molar-refractivity contribution is 5.36. The summed E-state index contributed by atoms with van der Waals surface area (Å²) in [5.41, 5.74) is 1.26. The molecule has 2 heteroatoms. The molecule has 2 nitrogen and oxygen atoms in total. The maximum absolute atomic E-state index is 5.67. The maximum Gasteiger partial charge on any atom is 0.204 e. The monoisotopic (exact) mass is 206 g/mol. The molecule has 0 radical (unpaired) electrons. The zero-order valence-corrected chi connectivity index (χ0v) is 9.24. The van der Waals surface area contributed by atoms with Gasteiger partial charge in [-0.15, -0.1) is 0 Å². The van der Waals surface area contributed by atoms with E-state index in [-0.39, 0.29) is 6.29 Å². The van der Waals surface area contributed by atoms with Gasteiger partial charge < -0.3 is 9.47 Å². The molecule has 1 atom stereocenters. The van der Waals surface area contributed by atoms with Crippen LogP contribution >= 0.6 is 0 Å². The van der Waals surface area contributed by atoms with Crippen molar-refractivity contribution in [2.24, 2.45) is 0 Å². The second kappa shape index (κ2) is 5.17. The molecule has 0 N–H and O–H groups in total. The molecule has 0 aliphatic carbocycles. The third-order valence-electron chi connectivity index (χ3n) is 2.67. The first kappa shape index (κ1) is 10.5. The van der Waals surface area contributed by atoms with Gasteiger partial charge in [0.2, 0.25) is 6.29 Å². The Morgan fingerprint density at radius 3 is 3.00 bits per heavy atom. The molecule has 0 aromatic heterocycles. The number of ether oxygens (including phenoxy) is 2. The summed E-state index contributed by atoms with van der Waals surface area (Å²) in [5, 5.41) is 0. The molecule has 1 aliphatic rings. The standard InChI is InChI=1S/C13H18O2/c1-2-3-6-9-14-13-10-11-7-4-5-8-12(11)15-13/h4-5,7-8,13H,2-3,6,9-10H2,1H3. The van der Waals surface area contributed by atoms with Gasteiger partial charge in [0.1, 0.15) is 5.75 Å². The minimum Gasteiger partial charge on any atom is -0.464 e. The van der Waals surface area contributed by atoms with E-state index in [1.54, 1.807) is 0 Å². The zero-order chi connectivity index (χ0) is 10.5. The molecule has 1 aliphatic heterocycles. The van der Waals surface area contributed by atoms with Crippen LogP contribution in [0.2, 0.25) is 0 Å². The lowest BCUT2D eigenvalue weighted by molar-refractivity contribution is -0.0666. The van der Waals surface area contributed by atoms with Gasteiger partial charge in [-0.25, -0.2) is 0 Å². The van der Waals surface area contributed by atoms with E-state index in [0.717, 1.165) is 25.2 Å². The Labute approximate surface area is 91.2 Å². The summed E-state index contributed by atoms with van der Waals surface area (Å²) in [6.07, 6.45) is 4.43. The van der Waals surface area contributed by atoms with E-state index in [1.165, 1.54) is 18.4 Å². The van der Waals surface area contributed by atoms with E-state index in [2.05, 4.69) is 13.0 Å². The van der Waals surface area contributed by atoms with E-state index >= 15 is 0 Å². The number of fused-ring (bicyclic) bond motifs is 1. The van der Waals surface area contributed by atoms with Crippen molar-refractivity contribution in [1.29, 1.82) is 0 Å². The van der Waals surface area contributed by atoms with Crippen LogP contribution in [-0.4, -0.2) is 12.9 Å². The number of hydrogen-bond acceptors (Lipinski definition) is 2. The summed E-state index contributed by atoms with van der Waals surface area (Å²) < 4.78 is 11.3. The van der Waals surface area contributed by atoms with Crippen molar-refractivity contribution in [2.75, 3.05) is 6.61 Å². The summed E-state index contributed by atoms with van der Waals surface area (Å²) in [6, 6.07) is 8.15. The van der Waals surface area contributed by atoms with Crippen LogP contribution in [-0.2, 0) is 11.2 Å². The molecule has 0 fully saturated rings. The molecule has 1 unspecified atom stereocenters. The molecule has 15 heavy (non-hydrogen) atoms. The average Bonchev–Trinajstić information content (AvgIpc) is 2.67. The second-order valence-corrected chi connectivity index (χ2v) is 3.94. The number of unbranched alkanes of at least 4 members (excludes halogenated alkanes) is 2. The van der Waals surface area contributed by atoms with Gasteiger partial charge in [-0.1, -0.05) is 38.0 Å². The van der Waals surface area contributed by atoms with Crippen molar-refractivity contribution in [1.82, 2.24) is 0 Å². The van der Waals surface area contributed by atoms with Crippen LogP contribution in [0.5, 0.6) is 5.75 Å². The van der Waals surface area contributed by atoms with Crippen molar-refractivity contribution in [3.63, 3.8) is 0 Å². The van der Waals surface area contributed by atoms with Gasteiger partial charge in [-0.05, 0) is 12.5 Å². The molecule has 0 spiro atoms. The van der Waals surface area contributed by atoms with Gasteiger partial charge in [0, 0.05) is 12.0 Å². The van der Waals surface area contributed by atoms with Crippen molar-refractivity contribution in [2.45, 2.75) is 38.9 Å². The van der Waals surface area contributed by atoms with Gasteiger partial charge in [0.15, 0.2) is 0 Å². The van der Waals surface area contributed by atoms with Gasteiger partial charge in [-0.3, -0.25) is 0 Å². The predicted octanol–water partition coefficient (Wildman–Crippen LogP) is 3.15. The quantitative estimate of drug-likeness (QED) is 0.689. The topological polar surface area (TPSA) is 18.5 Å². The van der Waals surface area contributed by atoms with Crippen molar-refractivity contribution < 1.29 is 9.47 Å². The Bertz CT molecular complexity index is 284. The highest BCUT2D eigenvalue weighted by Gasteiger charge is 2.22. The Balaban J connectivity index is 1.76. The highest BCUT2D eigenvalue weighted by Crippen LogP contribution is 2.28. The Morgan fingerprint density at radius 1 is 1.33 bits per heavy atom. The van der Waals surface area contributed by atoms with Gasteiger partial charge in [0.25, 0.3) is 0 Å². The van der Waals surface area contributed by atoms with Crippen LogP contribution in [0.3, 0.4) is 0 Å². The third kappa shape index (κ3) is 2.72. The largest absolute Gasteiger partial charge is 0.464 e. The lowest BCUT2D eigenvalue weighted by Crippen LogP contribution is -2.18. The van der Waals surface area contributed by atoms with Crippen LogP contribution in [0.1, 0.15) is 31.7 Å². The minimum atomic E-state index is -0.0562. The Morgan fingerprint density at radius 2 is 2.20 bits per heavy atom. The lowest BCUT2D eigenvalue weighted by atomic mass is 10.2. The van der Waals surface area contributed by atoms with Gasteiger partial charge in [-0.2, -0.15) is 0 Å². The highest BCUT2D eigenvalue weighted by atomic mass is 16.7. The molecule has 0 amide bonds. The SMILES string of the molecule is CCCCCOC1Cc2ccccc2O1. The molecule has 1 heterocycles. The van der Waals surface area contributed by atoms with Crippen molar-refractivity contribution >= 4 is 0 Å². The minimum absolute atomic E-state index is 0.0562. The summed E-state index contributed by atoms with van der Waals surface area (Å²) >= 11 is 0. The molecule has 1 aromatic carbocycles. The van der Waals surface area contributed by atoms with Crippen molar-refractivity contribution in [3.05, 3.63) is 29.8 Å². The molecular weight excluding hydrogens is 188 g/mol. The molecule has 1 aromatic rings. The molecule has 0 bridgehead atoms.